The molecule has 1 saturated heterocycles. The maximum Gasteiger partial charge on any atom is 0.337 e. The fraction of sp³-hybridized carbons (Fsp3) is 0.400. The molecule has 34 heavy (non-hydrogen) atoms. The van der Waals surface area contributed by atoms with Gasteiger partial charge in [-0.3, -0.25) is 9.36 Å². The summed E-state index contributed by atoms with van der Waals surface area (Å²) in [5.41, 5.74) is 2.47. The minimum atomic E-state index is -2.71. The smallest absolute Gasteiger partial charge is 0.337 e. The molecule has 4 rings (SSSR count). The number of aryl methyl sites for hydroxylation is 1. The second-order valence-electron chi connectivity index (χ2n) is 8.77. The molecule has 0 radical (unpaired) electrons. The van der Waals surface area contributed by atoms with Crippen LogP contribution in [0.1, 0.15) is 54.2 Å². The van der Waals surface area contributed by atoms with Gasteiger partial charge in [0.2, 0.25) is 5.95 Å². The lowest BCUT2D eigenvalue weighted by Crippen LogP contribution is -2.42. The summed E-state index contributed by atoms with van der Waals surface area (Å²) in [7, 11) is 0. The van der Waals surface area contributed by atoms with Crippen LogP contribution in [0.3, 0.4) is 0 Å². The van der Waals surface area contributed by atoms with Gasteiger partial charge in [0.05, 0.1) is 22.5 Å². The lowest BCUT2D eigenvalue weighted by atomic mass is 10.0. The minimum Gasteiger partial charge on any atom is -0.478 e. The third-order valence-corrected chi connectivity index (χ3v) is 6.30. The van der Waals surface area contributed by atoms with E-state index in [1.54, 1.807) is 29.2 Å². The number of carboxylic acids is 1. The van der Waals surface area contributed by atoms with Crippen molar-refractivity contribution < 1.29 is 18.7 Å². The Labute approximate surface area is 196 Å². The average Bonchev–Trinajstić information content (AvgIpc) is 2.79. The first-order chi connectivity index (χ1) is 16.1. The van der Waals surface area contributed by atoms with Crippen molar-refractivity contribution in [1.82, 2.24) is 9.55 Å². The Balaban J connectivity index is 1.82. The van der Waals surface area contributed by atoms with Gasteiger partial charge in [0.1, 0.15) is 0 Å². The molecular weight excluding hydrogens is 442 g/mol. The van der Waals surface area contributed by atoms with Gasteiger partial charge in [-0.25, -0.2) is 18.6 Å². The summed E-state index contributed by atoms with van der Waals surface area (Å²) in [6.07, 6.45) is -0.565. The number of rotatable bonds is 6. The highest BCUT2D eigenvalue weighted by molar-refractivity contribution is 5.94. The van der Waals surface area contributed by atoms with Crippen molar-refractivity contribution in [1.29, 1.82) is 0 Å². The van der Waals surface area contributed by atoms with Crippen LogP contribution in [-0.4, -0.2) is 39.6 Å². The zero-order valence-corrected chi connectivity index (χ0v) is 19.4. The number of aromatic nitrogens is 2. The lowest BCUT2D eigenvalue weighted by Gasteiger charge is -2.33. The average molecular weight is 471 g/mol. The van der Waals surface area contributed by atoms with E-state index in [1.807, 2.05) is 26.8 Å². The van der Waals surface area contributed by atoms with Crippen LogP contribution < -0.4 is 15.8 Å². The predicted octanol–water partition coefficient (Wildman–Crippen LogP) is 4.83. The number of hydrogen-bond acceptors (Lipinski definition) is 5. The number of halogens is 2. The van der Waals surface area contributed by atoms with E-state index in [2.05, 4.69) is 5.32 Å². The summed E-state index contributed by atoms with van der Waals surface area (Å²) in [4.78, 5) is 31.6. The quantitative estimate of drug-likeness (QED) is 0.537. The standard InChI is InChI=1S/C25H28F2N4O3/c1-4-31-22(32)19-14-15(2)13-18(16(3)28-20-8-6-5-7-17(20)23(33)34)21(19)29-24(31)30-11-9-25(26,27)10-12-30/h5-8,13-14,16,28H,4,9-12H2,1-3H3,(H,33,34)/t16-/m1/s1. The Morgan fingerprint density at radius 3 is 2.56 bits per heavy atom. The molecule has 2 aromatic carbocycles. The largest absolute Gasteiger partial charge is 0.478 e. The number of aromatic carboxylic acids is 1. The van der Waals surface area contributed by atoms with E-state index >= 15 is 0 Å². The van der Waals surface area contributed by atoms with Gasteiger partial charge in [-0.15, -0.1) is 0 Å². The molecule has 0 spiro atoms. The van der Waals surface area contributed by atoms with Crippen molar-refractivity contribution in [2.75, 3.05) is 23.3 Å². The molecule has 0 aliphatic carbocycles. The molecule has 1 atom stereocenters. The van der Waals surface area contributed by atoms with Gasteiger partial charge in [-0.2, -0.15) is 0 Å². The SMILES string of the molecule is CCn1c(N2CCC(F)(F)CC2)nc2c([C@@H](C)Nc3ccccc3C(=O)O)cc(C)cc2c1=O. The van der Waals surface area contributed by atoms with Crippen LogP contribution in [-0.2, 0) is 6.54 Å². The molecule has 2 heterocycles. The van der Waals surface area contributed by atoms with Crippen LogP contribution in [0.5, 0.6) is 0 Å². The van der Waals surface area contributed by atoms with E-state index in [0.717, 1.165) is 11.1 Å². The van der Waals surface area contributed by atoms with E-state index < -0.39 is 11.9 Å². The number of carboxylic acid groups (broad SMARTS) is 1. The number of hydrogen-bond donors (Lipinski definition) is 2. The topological polar surface area (TPSA) is 87.5 Å². The molecule has 1 aromatic heterocycles. The normalized spacial score (nSPS) is 16.4. The van der Waals surface area contributed by atoms with Crippen LogP contribution in [0, 0.1) is 6.92 Å². The van der Waals surface area contributed by atoms with E-state index in [-0.39, 0.29) is 43.1 Å². The number of anilines is 2. The van der Waals surface area contributed by atoms with Crippen molar-refractivity contribution in [2.45, 2.75) is 52.1 Å². The highest BCUT2D eigenvalue weighted by Gasteiger charge is 2.35. The second kappa shape index (κ2) is 9.04. The molecule has 0 bridgehead atoms. The summed E-state index contributed by atoms with van der Waals surface area (Å²) in [5.74, 6) is -3.36. The molecule has 2 N–H and O–H groups in total. The van der Waals surface area contributed by atoms with Crippen LogP contribution in [0.15, 0.2) is 41.2 Å². The van der Waals surface area contributed by atoms with Crippen molar-refractivity contribution in [3.63, 3.8) is 0 Å². The summed E-state index contributed by atoms with van der Waals surface area (Å²) in [6.45, 7) is 6.20. The Morgan fingerprint density at radius 2 is 1.91 bits per heavy atom. The zero-order chi connectivity index (χ0) is 24.6. The number of piperidine rings is 1. The molecule has 0 saturated carbocycles. The first-order valence-corrected chi connectivity index (χ1v) is 11.4. The third kappa shape index (κ3) is 4.47. The van der Waals surface area contributed by atoms with Gasteiger partial charge < -0.3 is 15.3 Å². The van der Waals surface area contributed by atoms with Crippen molar-refractivity contribution in [3.8, 4) is 0 Å². The third-order valence-electron chi connectivity index (χ3n) is 6.30. The number of nitrogens with zero attached hydrogens (tertiary/aromatic N) is 3. The van der Waals surface area contributed by atoms with Gasteiger partial charge in [0, 0.05) is 43.7 Å². The number of para-hydroxylation sites is 1. The molecule has 3 aromatic rings. The number of nitrogens with one attached hydrogen (secondary N) is 1. The van der Waals surface area contributed by atoms with Crippen LogP contribution in [0.4, 0.5) is 20.4 Å². The van der Waals surface area contributed by atoms with Gasteiger partial charge in [0.15, 0.2) is 0 Å². The van der Waals surface area contributed by atoms with Crippen molar-refractivity contribution in [2.24, 2.45) is 0 Å². The number of alkyl halides is 2. The molecule has 1 fully saturated rings. The van der Waals surface area contributed by atoms with Gasteiger partial charge in [-0.05, 0) is 44.5 Å². The van der Waals surface area contributed by atoms with E-state index in [0.29, 0.717) is 29.1 Å². The lowest BCUT2D eigenvalue weighted by molar-refractivity contribution is -0.0223. The number of fused-ring (bicyclic) bond motifs is 1. The summed E-state index contributed by atoms with van der Waals surface area (Å²) < 4.78 is 29.0. The van der Waals surface area contributed by atoms with Gasteiger partial charge in [0.25, 0.3) is 11.5 Å². The fourth-order valence-electron chi connectivity index (χ4n) is 4.49. The van der Waals surface area contributed by atoms with Crippen molar-refractivity contribution >= 4 is 28.5 Å². The zero-order valence-electron chi connectivity index (χ0n) is 19.4. The Bertz CT molecular complexity index is 1300. The van der Waals surface area contributed by atoms with E-state index in [4.69, 9.17) is 4.98 Å². The highest BCUT2D eigenvalue weighted by atomic mass is 19.3. The van der Waals surface area contributed by atoms with E-state index in [9.17, 15) is 23.5 Å². The summed E-state index contributed by atoms with van der Waals surface area (Å²) in [6, 6.07) is 9.95. The maximum absolute atomic E-state index is 13.8. The number of carbonyl (C=O) groups is 1. The van der Waals surface area contributed by atoms with Crippen LogP contribution in [0.25, 0.3) is 10.9 Å². The Kier molecular flexibility index (Phi) is 6.29. The Morgan fingerprint density at radius 1 is 1.24 bits per heavy atom. The summed E-state index contributed by atoms with van der Waals surface area (Å²) in [5, 5.41) is 13.2. The van der Waals surface area contributed by atoms with Crippen LogP contribution in [0.2, 0.25) is 0 Å². The molecule has 7 nitrogen and oxygen atoms in total. The monoisotopic (exact) mass is 470 g/mol. The molecule has 180 valence electrons. The predicted molar refractivity (Wildman–Crippen MR) is 128 cm³/mol. The van der Waals surface area contributed by atoms with Crippen LogP contribution >= 0.6 is 0 Å². The maximum atomic E-state index is 13.8. The molecule has 9 heteroatoms. The molecule has 1 aliphatic heterocycles. The Hall–Kier alpha value is -3.49. The molecular formula is C25H28F2N4O3. The van der Waals surface area contributed by atoms with Gasteiger partial charge in [-0.1, -0.05) is 18.2 Å². The molecule has 1 aliphatic rings. The summed E-state index contributed by atoms with van der Waals surface area (Å²) >= 11 is 0. The first-order valence-electron chi connectivity index (χ1n) is 11.4. The molecule has 0 amide bonds. The fourth-order valence-corrected chi connectivity index (χ4v) is 4.49. The van der Waals surface area contributed by atoms with Gasteiger partial charge >= 0.3 is 5.97 Å². The minimum absolute atomic E-state index is 0.117. The van der Waals surface area contributed by atoms with E-state index in [1.165, 1.54) is 10.6 Å². The second-order valence-corrected chi connectivity index (χ2v) is 8.77. The number of benzene rings is 2. The highest BCUT2D eigenvalue weighted by Crippen LogP contribution is 2.32. The first kappa shape index (κ1) is 23.7. The molecule has 0 unspecified atom stereocenters. The van der Waals surface area contributed by atoms with Crippen molar-refractivity contribution in [3.05, 3.63) is 63.4 Å².